The number of carbonyl (C=O) groups excluding carboxylic acids is 1. The molecule has 0 aromatic heterocycles. The van der Waals surface area contributed by atoms with Crippen LogP contribution in [0.3, 0.4) is 0 Å². The highest BCUT2D eigenvalue weighted by Crippen LogP contribution is 2.51. The average Bonchev–Trinajstić information content (AvgIpc) is 2.37. The number of carboxylic acid groups (broad SMARTS) is 1. The number of anilines is 1. The highest BCUT2D eigenvalue weighted by Gasteiger charge is 2.54. The molecule has 0 heterocycles. The molecule has 0 unspecified atom stereocenters. The molecule has 1 aromatic rings. The van der Waals surface area contributed by atoms with Crippen LogP contribution in [-0.4, -0.2) is 29.2 Å². The molecule has 21 heavy (non-hydrogen) atoms. The fourth-order valence-electron chi connectivity index (χ4n) is 2.94. The van der Waals surface area contributed by atoms with Crippen LogP contribution in [0.1, 0.15) is 20.3 Å². The Kier molecular flexibility index (Phi) is 3.80. The number of phenolic OH excluding ortho intramolecular Hbond substituents is 1. The smallest absolute Gasteiger partial charge is 0.307 e. The summed E-state index contributed by atoms with van der Waals surface area (Å²) in [5.74, 6) is -2.28. The van der Waals surface area contributed by atoms with Gasteiger partial charge in [0.15, 0.2) is 11.5 Å². The van der Waals surface area contributed by atoms with Crippen molar-refractivity contribution in [3.8, 4) is 11.5 Å². The number of ether oxygens (including phenoxy) is 1. The molecule has 3 N–H and O–H groups in total. The first-order valence-electron chi connectivity index (χ1n) is 6.67. The van der Waals surface area contributed by atoms with E-state index in [2.05, 4.69) is 5.32 Å². The van der Waals surface area contributed by atoms with Gasteiger partial charge in [0.1, 0.15) is 0 Å². The minimum absolute atomic E-state index is 0.0244. The van der Waals surface area contributed by atoms with Crippen molar-refractivity contribution in [3.63, 3.8) is 0 Å². The molecule has 0 spiro atoms. The van der Waals surface area contributed by atoms with Gasteiger partial charge >= 0.3 is 5.97 Å². The number of nitrogens with one attached hydrogen (secondary N) is 1. The molecule has 1 aromatic carbocycles. The Morgan fingerprint density at radius 2 is 2.05 bits per heavy atom. The number of carbonyl (C=O) groups is 2. The molecule has 0 bridgehead atoms. The Bertz CT molecular complexity index is 581. The summed E-state index contributed by atoms with van der Waals surface area (Å²) in [6, 6.07) is 4.44. The van der Waals surface area contributed by atoms with Gasteiger partial charge in [0.05, 0.1) is 18.9 Å². The van der Waals surface area contributed by atoms with E-state index in [4.69, 9.17) is 4.74 Å². The van der Waals surface area contributed by atoms with Crippen LogP contribution in [0.4, 0.5) is 5.69 Å². The summed E-state index contributed by atoms with van der Waals surface area (Å²) in [4.78, 5) is 23.5. The molecule has 0 aliphatic heterocycles. The van der Waals surface area contributed by atoms with E-state index in [-0.39, 0.29) is 22.8 Å². The summed E-state index contributed by atoms with van der Waals surface area (Å²) >= 11 is 0. The lowest BCUT2D eigenvalue weighted by Crippen LogP contribution is -2.53. The SMILES string of the molecule is COc1cc(NC(=O)[C@@H]2CC(C)(C)[C@@H]2C(=O)O)ccc1O. The van der Waals surface area contributed by atoms with Gasteiger partial charge in [-0.15, -0.1) is 0 Å². The maximum Gasteiger partial charge on any atom is 0.307 e. The normalized spacial score (nSPS) is 23.0. The topological polar surface area (TPSA) is 95.9 Å². The Morgan fingerprint density at radius 1 is 1.38 bits per heavy atom. The zero-order valence-electron chi connectivity index (χ0n) is 12.2. The van der Waals surface area contributed by atoms with E-state index in [9.17, 15) is 19.8 Å². The number of hydrogen-bond donors (Lipinski definition) is 3. The summed E-state index contributed by atoms with van der Waals surface area (Å²) < 4.78 is 4.97. The van der Waals surface area contributed by atoms with Crippen molar-refractivity contribution in [1.82, 2.24) is 0 Å². The quantitative estimate of drug-likeness (QED) is 0.739. The van der Waals surface area contributed by atoms with Crippen molar-refractivity contribution in [3.05, 3.63) is 18.2 Å². The van der Waals surface area contributed by atoms with E-state index in [1.54, 1.807) is 0 Å². The van der Waals surface area contributed by atoms with Gasteiger partial charge in [0.2, 0.25) is 5.91 Å². The number of rotatable bonds is 4. The standard InChI is InChI=1S/C15H19NO5/c1-15(2)7-9(12(15)14(19)20)13(18)16-8-4-5-10(17)11(6-8)21-3/h4-6,9,12,17H,7H2,1-3H3,(H,16,18)(H,19,20)/t9-,12+/m1/s1. The lowest BCUT2D eigenvalue weighted by Gasteiger charge is -2.47. The predicted octanol–water partition coefficient (Wildman–Crippen LogP) is 2.09. The second-order valence-electron chi connectivity index (χ2n) is 5.99. The predicted molar refractivity (Wildman–Crippen MR) is 76.3 cm³/mol. The van der Waals surface area contributed by atoms with Gasteiger partial charge in [0, 0.05) is 11.8 Å². The van der Waals surface area contributed by atoms with Crippen LogP contribution in [0, 0.1) is 17.3 Å². The first kappa shape index (κ1) is 15.2. The second kappa shape index (κ2) is 5.27. The molecule has 6 nitrogen and oxygen atoms in total. The Balaban J connectivity index is 2.10. The van der Waals surface area contributed by atoms with Crippen molar-refractivity contribution < 1.29 is 24.5 Å². The van der Waals surface area contributed by atoms with Gasteiger partial charge in [-0.1, -0.05) is 13.8 Å². The van der Waals surface area contributed by atoms with Gasteiger partial charge in [-0.05, 0) is 24.0 Å². The monoisotopic (exact) mass is 293 g/mol. The van der Waals surface area contributed by atoms with Crippen LogP contribution in [0.25, 0.3) is 0 Å². The molecule has 2 atom stereocenters. The fourth-order valence-corrected chi connectivity index (χ4v) is 2.94. The van der Waals surface area contributed by atoms with E-state index in [0.717, 1.165) is 0 Å². The summed E-state index contributed by atoms with van der Waals surface area (Å²) in [6.07, 6.45) is 0.533. The van der Waals surface area contributed by atoms with Crippen molar-refractivity contribution in [1.29, 1.82) is 0 Å². The maximum atomic E-state index is 12.2. The van der Waals surface area contributed by atoms with Crippen molar-refractivity contribution in [2.75, 3.05) is 12.4 Å². The molecule has 1 saturated carbocycles. The Hall–Kier alpha value is -2.24. The zero-order valence-corrected chi connectivity index (χ0v) is 12.2. The number of amides is 1. The molecule has 1 amide bonds. The summed E-state index contributed by atoms with van der Waals surface area (Å²) in [5.41, 5.74) is 0.0871. The Labute approximate surface area is 122 Å². The molecule has 1 fully saturated rings. The molecule has 2 rings (SSSR count). The third kappa shape index (κ3) is 2.79. The van der Waals surface area contributed by atoms with E-state index in [1.165, 1.54) is 25.3 Å². The lowest BCUT2D eigenvalue weighted by atomic mass is 9.55. The molecule has 6 heteroatoms. The maximum absolute atomic E-state index is 12.2. The van der Waals surface area contributed by atoms with Crippen LogP contribution in [-0.2, 0) is 9.59 Å². The van der Waals surface area contributed by atoms with Gasteiger partial charge in [-0.3, -0.25) is 9.59 Å². The molecular formula is C15H19NO5. The number of hydrogen-bond acceptors (Lipinski definition) is 4. The highest BCUT2D eigenvalue weighted by molar-refractivity contribution is 5.96. The van der Waals surface area contributed by atoms with Gasteiger partial charge in [-0.25, -0.2) is 0 Å². The van der Waals surface area contributed by atoms with Crippen molar-refractivity contribution >= 4 is 17.6 Å². The van der Waals surface area contributed by atoms with E-state index < -0.39 is 17.8 Å². The van der Waals surface area contributed by atoms with E-state index in [0.29, 0.717) is 12.1 Å². The summed E-state index contributed by atoms with van der Waals surface area (Å²) in [5, 5.41) is 21.4. The minimum Gasteiger partial charge on any atom is -0.504 e. The molecule has 1 aliphatic rings. The van der Waals surface area contributed by atoms with Gasteiger partial charge < -0.3 is 20.3 Å². The number of aromatic hydroxyl groups is 1. The van der Waals surface area contributed by atoms with E-state index in [1.807, 2.05) is 13.8 Å². The van der Waals surface area contributed by atoms with Gasteiger partial charge in [0.25, 0.3) is 0 Å². The minimum atomic E-state index is -0.949. The molecule has 0 saturated heterocycles. The summed E-state index contributed by atoms with van der Waals surface area (Å²) in [7, 11) is 1.41. The highest BCUT2D eigenvalue weighted by atomic mass is 16.5. The first-order valence-corrected chi connectivity index (χ1v) is 6.67. The Morgan fingerprint density at radius 3 is 2.57 bits per heavy atom. The lowest BCUT2D eigenvalue weighted by molar-refractivity contribution is -0.163. The number of carboxylic acids is 1. The third-order valence-electron chi connectivity index (χ3n) is 4.04. The largest absolute Gasteiger partial charge is 0.504 e. The van der Waals surface area contributed by atoms with Gasteiger partial charge in [-0.2, -0.15) is 0 Å². The molecule has 114 valence electrons. The van der Waals surface area contributed by atoms with Crippen LogP contribution in [0.2, 0.25) is 0 Å². The number of phenols is 1. The zero-order chi connectivity index (χ0) is 15.8. The van der Waals surface area contributed by atoms with E-state index >= 15 is 0 Å². The van der Waals surface area contributed by atoms with Crippen molar-refractivity contribution in [2.45, 2.75) is 20.3 Å². The molecule has 0 radical (unpaired) electrons. The number of benzene rings is 1. The average molecular weight is 293 g/mol. The molecular weight excluding hydrogens is 274 g/mol. The number of methoxy groups -OCH3 is 1. The first-order chi connectivity index (χ1) is 9.76. The third-order valence-corrected chi connectivity index (χ3v) is 4.04. The van der Waals surface area contributed by atoms with Crippen molar-refractivity contribution in [2.24, 2.45) is 17.3 Å². The van der Waals surface area contributed by atoms with Crippen LogP contribution in [0.15, 0.2) is 18.2 Å². The number of aliphatic carboxylic acids is 1. The summed E-state index contributed by atoms with van der Waals surface area (Å²) in [6.45, 7) is 3.69. The fraction of sp³-hybridized carbons (Fsp3) is 0.467. The molecule has 1 aliphatic carbocycles. The van der Waals surface area contributed by atoms with Crippen LogP contribution >= 0.6 is 0 Å². The second-order valence-corrected chi connectivity index (χ2v) is 5.99. The van der Waals surface area contributed by atoms with Crippen LogP contribution in [0.5, 0.6) is 11.5 Å². The van der Waals surface area contributed by atoms with Crippen LogP contribution < -0.4 is 10.1 Å².